The van der Waals surface area contributed by atoms with Crippen LogP contribution in [0.5, 0.6) is 5.75 Å². The predicted molar refractivity (Wildman–Crippen MR) is 65.5 cm³/mol. The normalized spacial score (nSPS) is 10.8. The Labute approximate surface area is 105 Å². The Morgan fingerprint density at radius 3 is 2.72 bits per heavy atom. The first-order valence-corrected chi connectivity index (χ1v) is 6.59. The average Bonchev–Trinajstić information content (AvgIpc) is 2.22. The molecular formula is C10H14N2O5S. The molecule has 0 aliphatic rings. The van der Waals surface area contributed by atoms with Crippen LogP contribution in [0.3, 0.4) is 0 Å². The highest BCUT2D eigenvalue weighted by Gasteiger charge is 2.16. The van der Waals surface area contributed by atoms with Crippen molar-refractivity contribution in [2.45, 2.75) is 13.8 Å². The molecule has 0 bridgehead atoms. The number of ether oxygens (including phenoxy) is 1. The molecule has 0 radical (unpaired) electrons. The van der Waals surface area contributed by atoms with E-state index < -0.39 is 16.3 Å². The van der Waals surface area contributed by atoms with Crippen molar-refractivity contribution in [1.29, 1.82) is 0 Å². The Morgan fingerprint density at radius 2 is 2.11 bits per heavy atom. The standard InChI is InChI=1S/C10H14N2O5S/c1-3-17-10(14)12-18(15,16)11-8-6-7(2)4-5-9(8)13/h4-6,11,13H,3H2,1-2H3,(H,12,14). The molecule has 0 atom stereocenters. The molecule has 7 nitrogen and oxygen atoms in total. The molecule has 0 saturated heterocycles. The minimum absolute atomic E-state index is 0.0215. The van der Waals surface area contributed by atoms with Crippen molar-refractivity contribution in [1.82, 2.24) is 4.72 Å². The Bertz CT molecular complexity index is 541. The van der Waals surface area contributed by atoms with Crippen LogP contribution in [-0.4, -0.2) is 26.2 Å². The van der Waals surface area contributed by atoms with Gasteiger partial charge in [-0.2, -0.15) is 8.42 Å². The molecule has 100 valence electrons. The zero-order valence-corrected chi connectivity index (χ0v) is 10.7. The van der Waals surface area contributed by atoms with E-state index in [1.807, 2.05) is 4.72 Å². The molecule has 8 heteroatoms. The lowest BCUT2D eigenvalue weighted by Crippen LogP contribution is -2.35. The third-order valence-electron chi connectivity index (χ3n) is 1.89. The largest absolute Gasteiger partial charge is 0.506 e. The van der Waals surface area contributed by atoms with Crippen molar-refractivity contribution in [3.05, 3.63) is 23.8 Å². The minimum atomic E-state index is -4.13. The number of nitrogens with one attached hydrogen (secondary N) is 2. The van der Waals surface area contributed by atoms with E-state index in [9.17, 15) is 18.3 Å². The zero-order valence-electron chi connectivity index (χ0n) is 9.93. The van der Waals surface area contributed by atoms with Crippen LogP contribution in [-0.2, 0) is 14.9 Å². The molecule has 1 aromatic carbocycles. The van der Waals surface area contributed by atoms with E-state index in [2.05, 4.69) is 4.74 Å². The van der Waals surface area contributed by atoms with Crippen molar-refractivity contribution in [3.63, 3.8) is 0 Å². The molecule has 0 saturated carbocycles. The summed E-state index contributed by atoms with van der Waals surface area (Å²) in [4.78, 5) is 11.0. The van der Waals surface area contributed by atoms with E-state index in [0.717, 1.165) is 5.56 Å². The number of carbonyl (C=O) groups excluding carboxylic acids is 1. The van der Waals surface area contributed by atoms with Gasteiger partial charge in [0.1, 0.15) is 5.75 Å². The lowest BCUT2D eigenvalue weighted by molar-refractivity contribution is 0.159. The summed E-state index contributed by atoms with van der Waals surface area (Å²) < 4.78 is 31.1. The molecule has 0 fully saturated rings. The lowest BCUT2D eigenvalue weighted by atomic mass is 10.2. The molecule has 0 spiro atoms. The Balaban J connectivity index is 2.82. The first-order valence-electron chi connectivity index (χ1n) is 5.11. The molecule has 18 heavy (non-hydrogen) atoms. The van der Waals surface area contributed by atoms with Crippen molar-refractivity contribution in [3.8, 4) is 5.75 Å². The Hall–Kier alpha value is -1.96. The number of hydrogen-bond donors (Lipinski definition) is 3. The van der Waals surface area contributed by atoms with E-state index in [4.69, 9.17) is 0 Å². The second-order valence-corrected chi connectivity index (χ2v) is 4.86. The van der Waals surface area contributed by atoms with Crippen LogP contribution in [0.1, 0.15) is 12.5 Å². The summed E-state index contributed by atoms with van der Waals surface area (Å²) >= 11 is 0. The summed E-state index contributed by atoms with van der Waals surface area (Å²) in [7, 11) is -4.13. The Kier molecular flexibility index (Phi) is 4.38. The number of phenols is 1. The Morgan fingerprint density at radius 1 is 1.44 bits per heavy atom. The van der Waals surface area contributed by atoms with Crippen molar-refractivity contribution in [2.75, 3.05) is 11.3 Å². The summed E-state index contributed by atoms with van der Waals surface area (Å²) in [6.45, 7) is 3.33. The van der Waals surface area contributed by atoms with Crippen LogP contribution in [0.2, 0.25) is 0 Å². The number of aryl methyl sites for hydroxylation is 1. The molecule has 1 aromatic rings. The number of phenolic OH excluding ortho intramolecular Hbond substituents is 1. The van der Waals surface area contributed by atoms with Gasteiger partial charge in [0.25, 0.3) is 0 Å². The molecule has 0 heterocycles. The molecule has 1 rings (SSSR count). The SMILES string of the molecule is CCOC(=O)NS(=O)(=O)Nc1cc(C)ccc1O. The van der Waals surface area contributed by atoms with Gasteiger partial charge in [0, 0.05) is 0 Å². The van der Waals surface area contributed by atoms with Gasteiger partial charge in [-0.1, -0.05) is 6.07 Å². The number of hydrogen-bond acceptors (Lipinski definition) is 5. The zero-order chi connectivity index (χ0) is 13.8. The fourth-order valence-electron chi connectivity index (χ4n) is 1.17. The third-order valence-corrected chi connectivity index (χ3v) is 2.81. The van der Waals surface area contributed by atoms with Gasteiger partial charge in [0.05, 0.1) is 12.3 Å². The van der Waals surface area contributed by atoms with Gasteiger partial charge in [0.2, 0.25) is 0 Å². The number of anilines is 1. The van der Waals surface area contributed by atoms with E-state index >= 15 is 0 Å². The van der Waals surface area contributed by atoms with E-state index in [1.165, 1.54) is 12.1 Å². The summed E-state index contributed by atoms with van der Waals surface area (Å²) in [5.74, 6) is -0.241. The highest BCUT2D eigenvalue weighted by Crippen LogP contribution is 2.24. The molecule has 0 aliphatic heterocycles. The van der Waals surface area contributed by atoms with Gasteiger partial charge >= 0.3 is 16.3 Å². The summed E-state index contributed by atoms with van der Waals surface area (Å²) in [6.07, 6.45) is -1.09. The van der Waals surface area contributed by atoms with Gasteiger partial charge in [-0.3, -0.25) is 4.72 Å². The lowest BCUT2D eigenvalue weighted by Gasteiger charge is -2.10. The second-order valence-electron chi connectivity index (χ2n) is 3.45. The smallest absolute Gasteiger partial charge is 0.422 e. The highest BCUT2D eigenvalue weighted by atomic mass is 32.2. The van der Waals surface area contributed by atoms with Gasteiger partial charge in [-0.15, -0.1) is 0 Å². The molecule has 0 aromatic heterocycles. The monoisotopic (exact) mass is 274 g/mol. The molecule has 0 unspecified atom stereocenters. The van der Waals surface area contributed by atoms with Gasteiger partial charge in [-0.25, -0.2) is 9.52 Å². The predicted octanol–water partition coefficient (Wildman–Crippen LogP) is 1.10. The fourth-order valence-corrected chi connectivity index (χ4v) is 1.95. The van der Waals surface area contributed by atoms with Crippen molar-refractivity contribution in [2.24, 2.45) is 0 Å². The number of rotatable bonds is 4. The maximum atomic E-state index is 11.5. The highest BCUT2D eigenvalue weighted by molar-refractivity contribution is 7.91. The molecule has 0 aliphatic carbocycles. The summed E-state index contributed by atoms with van der Waals surface area (Å²) in [6, 6.07) is 4.39. The van der Waals surface area contributed by atoms with Gasteiger partial charge < -0.3 is 9.84 Å². The number of amides is 1. The minimum Gasteiger partial charge on any atom is -0.506 e. The van der Waals surface area contributed by atoms with E-state index in [-0.39, 0.29) is 18.0 Å². The first kappa shape index (κ1) is 14.1. The van der Waals surface area contributed by atoms with E-state index in [1.54, 1.807) is 24.6 Å². The van der Waals surface area contributed by atoms with Crippen LogP contribution in [0, 0.1) is 6.92 Å². The number of benzene rings is 1. The maximum Gasteiger partial charge on any atom is 0.422 e. The molecular weight excluding hydrogens is 260 g/mol. The first-order chi connectivity index (χ1) is 8.34. The second kappa shape index (κ2) is 5.58. The van der Waals surface area contributed by atoms with Crippen molar-refractivity contribution < 1.29 is 23.1 Å². The fraction of sp³-hybridized carbons (Fsp3) is 0.300. The quantitative estimate of drug-likeness (QED) is 0.713. The van der Waals surface area contributed by atoms with Crippen LogP contribution in [0.15, 0.2) is 18.2 Å². The molecule has 3 N–H and O–H groups in total. The van der Waals surface area contributed by atoms with Gasteiger partial charge in [0.15, 0.2) is 0 Å². The van der Waals surface area contributed by atoms with Crippen LogP contribution in [0.25, 0.3) is 0 Å². The summed E-state index contributed by atoms with van der Waals surface area (Å²) in [5.41, 5.74) is 0.730. The molecule has 1 amide bonds. The van der Waals surface area contributed by atoms with Gasteiger partial charge in [-0.05, 0) is 31.5 Å². The van der Waals surface area contributed by atoms with Crippen LogP contribution >= 0.6 is 0 Å². The summed E-state index contributed by atoms with van der Waals surface area (Å²) in [5, 5.41) is 9.46. The van der Waals surface area contributed by atoms with Crippen LogP contribution in [0.4, 0.5) is 10.5 Å². The topological polar surface area (TPSA) is 105 Å². The average molecular weight is 274 g/mol. The number of carbonyl (C=O) groups is 1. The number of aromatic hydroxyl groups is 1. The van der Waals surface area contributed by atoms with Crippen molar-refractivity contribution >= 4 is 22.0 Å². The third kappa shape index (κ3) is 4.13. The van der Waals surface area contributed by atoms with Crippen LogP contribution < -0.4 is 9.44 Å². The van der Waals surface area contributed by atoms with E-state index in [0.29, 0.717) is 0 Å². The maximum absolute atomic E-state index is 11.5.